The van der Waals surface area contributed by atoms with Crippen molar-refractivity contribution in [2.45, 2.75) is 45.7 Å². The van der Waals surface area contributed by atoms with Gasteiger partial charge in [-0.1, -0.05) is 0 Å². The summed E-state index contributed by atoms with van der Waals surface area (Å²) in [5.41, 5.74) is 1.44. The predicted octanol–water partition coefficient (Wildman–Crippen LogP) is 2.14. The molecular formula is C17H24N6O2. The van der Waals surface area contributed by atoms with Gasteiger partial charge in [-0.05, 0) is 32.8 Å². The third-order valence-electron chi connectivity index (χ3n) is 4.29. The standard InChI is InChI=1S/C17H24N6O2/c1-11(2)23-16-13(8-19-23)7-15(9-18-16)21-17(25)22-6-4-5-14(10-22)20-12(3)24/h7-9,11,14H,4-6,10H2,1-3H3,(H,20,24)(H,21,25)/t14-/m1/s1. The Labute approximate surface area is 146 Å². The molecule has 0 spiro atoms. The number of hydrogen-bond acceptors (Lipinski definition) is 4. The molecule has 1 fully saturated rings. The van der Waals surface area contributed by atoms with Crippen LogP contribution >= 0.6 is 0 Å². The Bertz CT molecular complexity index is 785. The van der Waals surface area contributed by atoms with Crippen molar-refractivity contribution in [1.29, 1.82) is 0 Å². The lowest BCUT2D eigenvalue weighted by atomic mass is 10.1. The average molecular weight is 344 g/mol. The summed E-state index contributed by atoms with van der Waals surface area (Å²) in [5, 5.41) is 11.0. The monoisotopic (exact) mass is 344 g/mol. The number of amides is 3. The van der Waals surface area contributed by atoms with Crippen LogP contribution in [0.4, 0.5) is 10.5 Å². The van der Waals surface area contributed by atoms with Gasteiger partial charge in [-0.3, -0.25) is 4.79 Å². The molecule has 0 radical (unpaired) electrons. The number of carbonyl (C=O) groups excluding carboxylic acids is 2. The molecule has 8 heteroatoms. The quantitative estimate of drug-likeness (QED) is 0.892. The highest BCUT2D eigenvalue weighted by molar-refractivity contribution is 5.91. The Balaban J connectivity index is 1.68. The number of rotatable bonds is 3. The first-order chi connectivity index (χ1) is 11.9. The van der Waals surface area contributed by atoms with Crippen LogP contribution < -0.4 is 10.6 Å². The number of aromatic nitrogens is 3. The number of urea groups is 1. The number of hydrogen-bond donors (Lipinski definition) is 2. The van der Waals surface area contributed by atoms with Gasteiger partial charge >= 0.3 is 6.03 Å². The summed E-state index contributed by atoms with van der Waals surface area (Å²) in [4.78, 5) is 29.9. The molecule has 1 aliphatic heterocycles. The van der Waals surface area contributed by atoms with Gasteiger partial charge in [0.05, 0.1) is 18.1 Å². The topological polar surface area (TPSA) is 92.2 Å². The van der Waals surface area contributed by atoms with Crippen LogP contribution in [0.3, 0.4) is 0 Å². The van der Waals surface area contributed by atoms with Gasteiger partial charge in [0.15, 0.2) is 5.65 Å². The van der Waals surface area contributed by atoms with Crippen LogP contribution in [-0.2, 0) is 4.79 Å². The maximum atomic E-state index is 12.5. The van der Waals surface area contributed by atoms with E-state index in [9.17, 15) is 9.59 Å². The number of likely N-dealkylation sites (tertiary alicyclic amines) is 1. The van der Waals surface area contributed by atoms with Crippen molar-refractivity contribution in [2.24, 2.45) is 0 Å². The van der Waals surface area contributed by atoms with E-state index in [1.165, 1.54) is 6.92 Å². The van der Waals surface area contributed by atoms with E-state index in [0.29, 0.717) is 18.8 Å². The largest absolute Gasteiger partial charge is 0.352 e. The summed E-state index contributed by atoms with van der Waals surface area (Å²) in [5.74, 6) is -0.0657. The third kappa shape index (κ3) is 3.89. The van der Waals surface area contributed by atoms with Gasteiger partial charge < -0.3 is 15.5 Å². The number of nitrogens with one attached hydrogen (secondary N) is 2. The zero-order valence-corrected chi connectivity index (χ0v) is 14.8. The Morgan fingerprint density at radius 1 is 1.32 bits per heavy atom. The number of fused-ring (bicyclic) bond motifs is 1. The smallest absolute Gasteiger partial charge is 0.321 e. The summed E-state index contributed by atoms with van der Waals surface area (Å²) >= 11 is 0. The van der Waals surface area contributed by atoms with E-state index in [4.69, 9.17) is 0 Å². The molecule has 1 saturated heterocycles. The van der Waals surface area contributed by atoms with Crippen molar-refractivity contribution in [3.63, 3.8) is 0 Å². The number of carbonyl (C=O) groups is 2. The molecule has 134 valence electrons. The maximum absolute atomic E-state index is 12.5. The molecular weight excluding hydrogens is 320 g/mol. The third-order valence-corrected chi connectivity index (χ3v) is 4.29. The summed E-state index contributed by atoms with van der Waals surface area (Å²) in [6.07, 6.45) is 5.17. The highest BCUT2D eigenvalue weighted by atomic mass is 16.2. The number of pyridine rings is 1. The SMILES string of the molecule is CC(=O)N[C@@H]1CCCN(C(=O)Nc2cnc3c(cnn3C(C)C)c2)C1. The molecule has 3 amide bonds. The van der Waals surface area contributed by atoms with E-state index in [1.807, 2.05) is 24.6 Å². The van der Waals surface area contributed by atoms with E-state index < -0.39 is 0 Å². The van der Waals surface area contributed by atoms with Crippen molar-refractivity contribution in [1.82, 2.24) is 25.0 Å². The van der Waals surface area contributed by atoms with Gasteiger partial charge in [-0.25, -0.2) is 14.5 Å². The molecule has 3 rings (SSSR count). The van der Waals surface area contributed by atoms with Crippen LogP contribution in [0.25, 0.3) is 11.0 Å². The lowest BCUT2D eigenvalue weighted by Crippen LogP contribution is -2.50. The number of nitrogens with zero attached hydrogens (tertiary/aromatic N) is 4. The van der Waals surface area contributed by atoms with Gasteiger partial charge in [0.1, 0.15) is 0 Å². The molecule has 1 aliphatic rings. The molecule has 0 saturated carbocycles. The van der Waals surface area contributed by atoms with Gasteiger partial charge in [0.25, 0.3) is 0 Å². The van der Waals surface area contributed by atoms with Crippen LogP contribution in [0.2, 0.25) is 0 Å². The van der Waals surface area contributed by atoms with Gasteiger partial charge in [-0.2, -0.15) is 5.10 Å². The lowest BCUT2D eigenvalue weighted by Gasteiger charge is -2.32. The molecule has 2 N–H and O–H groups in total. The second-order valence-electron chi connectivity index (χ2n) is 6.74. The van der Waals surface area contributed by atoms with Crippen LogP contribution in [0.5, 0.6) is 0 Å². The predicted molar refractivity (Wildman–Crippen MR) is 95.3 cm³/mol. The fourth-order valence-electron chi connectivity index (χ4n) is 3.16. The zero-order chi connectivity index (χ0) is 18.0. The first kappa shape index (κ1) is 17.2. The second kappa shape index (κ2) is 7.08. The summed E-state index contributed by atoms with van der Waals surface area (Å²) in [6, 6.07) is 1.94. The molecule has 1 atom stereocenters. The molecule has 0 aliphatic carbocycles. The average Bonchev–Trinajstić information content (AvgIpc) is 2.98. The van der Waals surface area contributed by atoms with E-state index in [-0.39, 0.29) is 24.0 Å². The highest BCUT2D eigenvalue weighted by Crippen LogP contribution is 2.20. The molecule has 8 nitrogen and oxygen atoms in total. The Hall–Kier alpha value is -2.64. The molecule has 2 aromatic rings. The summed E-state index contributed by atoms with van der Waals surface area (Å²) < 4.78 is 1.85. The summed E-state index contributed by atoms with van der Waals surface area (Å²) in [6.45, 7) is 6.80. The molecule has 0 bridgehead atoms. The fraction of sp³-hybridized carbons (Fsp3) is 0.529. The normalized spacial score (nSPS) is 17.8. The Kier molecular flexibility index (Phi) is 4.87. The van der Waals surface area contributed by atoms with Crippen LogP contribution in [0.15, 0.2) is 18.5 Å². The number of piperidine rings is 1. The van der Waals surface area contributed by atoms with Crippen molar-refractivity contribution in [3.05, 3.63) is 18.5 Å². The maximum Gasteiger partial charge on any atom is 0.321 e. The van der Waals surface area contributed by atoms with Gasteiger partial charge in [0.2, 0.25) is 5.91 Å². The van der Waals surface area contributed by atoms with Crippen LogP contribution in [0.1, 0.15) is 39.7 Å². The van der Waals surface area contributed by atoms with Crippen molar-refractivity contribution in [2.75, 3.05) is 18.4 Å². The first-order valence-electron chi connectivity index (χ1n) is 8.60. The van der Waals surface area contributed by atoms with Crippen LogP contribution in [-0.4, -0.2) is 50.7 Å². The zero-order valence-electron chi connectivity index (χ0n) is 14.8. The molecule has 0 aromatic carbocycles. The van der Waals surface area contributed by atoms with Gasteiger partial charge in [0, 0.05) is 37.5 Å². The van der Waals surface area contributed by atoms with Gasteiger partial charge in [-0.15, -0.1) is 0 Å². The highest BCUT2D eigenvalue weighted by Gasteiger charge is 2.24. The van der Waals surface area contributed by atoms with E-state index in [1.54, 1.807) is 17.3 Å². The van der Waals surface area contributed by atoms with E-state index in [2.05, 4.69) is 20.7 Å². The Morgan fingerprint density at radius 3 is 2.84 bits per heavy atom. The molecule has 2 aromatic heterocycles. The fourth-order valence-corrected chi connectivity index (χ4v) is 3.16. The van der Waals surface area contributed by atoms with Crippen molar-refractivity contribution >= 4 is 28.7 Å². The molecule has 3 heterocycles. The van der Waals surface area contributed by atoms with Crippen molar-refractivity contribution in [3.8, 4) is 0 Å². The molecule has 25 heavy (non-hydrogen) atoms. The second-order valence-corrected chi connectivity index (χ2v) is 6.74. The number of anilines is 1. The minimum Gasteiger partial charge on any atom is -0.352 e. The van der Waals surface area contributed by atoms with E-state index >= 15 is 0 Å². The summed E-state index contributed by atoms with van der Waals surface area (Å²) in [7, 11) is 0. The van der Waals surface area contributed by atoms with Crippen LogP contribution in [0, 0.1) is 0 Å². The minimum absolute atomic E-state index is 0.0156. The minimum atomic E-state index is -0.174. The van der Waals surface area contributed by atoms with E-state index in [0.717, 1.165) is 23.9 Å². The van der Waals surface area contributed by atoms with Crippen molar-refractivity contribution < 1.29 is 9.59 Å². The lowest BCUT2D eigenvalue weighted by molar-refractivity contribution is -0.119. The Morgan fingerprint density at radius 2 is 2.12 bits per heavy atom. The first-order valence-corrected chi connectivity index (χ1v) is 8.60. The molecule has 0 unspecified atom stereocenters.